The van der Waals surface area contributed by atoms with Crippen molar-refractivity contribution in [3.05, 3.63) is 47.9 Å². The van der Waals surface area contributed by atoms with Crippen LogP contribution in [0.15, 0.2) is 40.8 Å². The summed E-state index contributed by atoms with van der Waals surface area (Å²) < 4.78 is 16.1. The molecule has 3 rings (SSSR count). The second kappa shape index (κ2) is 7.18. The van der Waals surface area contributed by atoms with Crippen LogP contribution in [0.4, 0.5) is 5.69 Å². The minimum absolute atomic E-state index is 0.0712. The molecule has 1 saturated heterocycles. The van der Waals surface area contributed by atoms with Gasteiger partial charge in [0.05, 0.1) is 6.10 Å². The van der Waals surface area contributed by atoms with Gasteiger partial charge in [-0.2, -0.15) is 0 Å². The van der Waals surface area contributed by atoms with Crippen LogP contribution in [-0.4, -0.2) is 36.3 Å². The first-order valence-electron chi connectivity index (χ1n) is 7.61. The maximum absolute atomic E-state index is 12.1. The summed E-state index contributed by atoms with van der Waals surface area (Å²) >= 11 is 0. The molecule has 2 N–H and O–H groups in total. The van der Waals surface area contributed by atoms with Crippen molar-refractivity contribution in [3.63, 3.8) is 0 Å². The molecule has 2 aromatic rings. The van der Waals surface area contributed by atoms with Gasteiger partial charge in [0.2, 0.25) is 5.76 Å². The average molecular weight is 331 g/mol. The van der Waals surface area contributed by atoms with Crippen molar-refractivity contribution < 1.29 is 28.6 Å². The van der Waals surface area contributed by atoms with E-state index in [-0.39, 0.29) is 17.6 Å². The lowest BCUT2D eigenvalue weighted by atomic mass is 10.2. The molecule has 7 heteroatoms. The smallest absolute Gasteiger partial charge is 0.371 e. The molecule has 0 aliphatic carbocycles. The summed E-state index contributed by atoms with van der Waals surface area (Å²) in [7, 11) is 0. The number of aromatic carboxylic acids is 1. The second-order valence-electron chi connectivity index (χ2n) is 5.40. The number of carboxylic acids is 1. The molecule has 0 spiro atoms. The lowest BCUT2D eigenvalue weighted by molar-refractivity contribution is 0.0660. The van der Waals surface area contributed by atoms with Crippen LogP contribution in [-0.2, 0) is 4.74 Å². The highest BCUT2D eigenvalue weighted by Crippen LogP contribution is 2.20. The molecule has 1 aliphatic heterocycles. The third-order valence-corrected chi connectivity index (χ3v) is 3.59. The van der Waals surface area contributed by atoms with E-state index in [2.05, 4.69) is 5.32 Å². The number of anilines is 1. The van der Waals surface area contributed by atoms with Crippen molar-refractivity contribution in [2.24, 2.45) is 0 Å². The normalized spacial score (nSPS) is 16.8. The van der Waals surface area contributed by atoms with Gasteiger partial charge in [-0.05, 0) is 37.1 Å². The Kier molecular flexibility index (Phi) is 4.81. The van der Waals surface area contributed by atoms with Gasteiger partial charge in [0.1, 0.15) is 12.4 Å². The minimum Gasteiger partial charge on any atom is -0.491 e. The summed E-state index contributed by atoms with van der Waals surface area (Å²) in [5.74, 6) is -1.49. The summed E-state index contributed by atoms with van der Waals surface area (Å²) in [4.78, 5) is 22.8. The summed E-state index contributed by atoms with van der Waals surface area (Å²) in [6, 6.07) is 9.49. The molecule has 1 aromatic heterocycles. The Balaban J connectivity index is 1.60. The van der Waals surface area contributed by atoms with Crippen LogP contribution in [0.5, 0.6) is 5.75 Å². The number of benzene rings is 1. The zero-order chi connectivity index (χ0) is 16.9. The average Bonchev–Trinajstić information content (AvgIpc) is 3.25. The zero-order valence-electron chi connectivity index (χ0n) is 12.9. The lowest BCUT2D eigenvalue weighted by Gasteiger charge is -2.12. The molecule has 1 aromatic carbocycles. The Morgan fingerprint density at radius 2 is 2.08 bits per heavy atom. The van der Waals surface area contributed by atoms with Crippen LogP contribution in [0.1, 0.15) is 34.0 Å². The minimum atomic E-state index is -1.22. The highest BCUT2D eigenvalue weighted by atomic mass is 16.5. The van der Waals surface area contributed by atoms with Crippen LogP contribution in [0.2, 0.25) is 0 Å². The van der Waals surface area contributed by atoms with E-state index in [0.717, 1.165) is 19.4 Å². The van der Waals surface area contributed by atoms with E-state index in [1.54, 1.807) is 24.3 Å². The summed E-state index contributed by atoms with van der Waals surface area (Å²) in [5.41, 5.74) is 0.526. The van der Waals surface area contributed by atoms with Gasteiger partial charge in [0, 0.05) is 18.4 Å². The number of hydrogen-bond acceptors (Lipinski definition) is 5. The Morgan fingerprint density at radius 3 is 2.79 bits per heavy atom. The molecule has 0 bridgehead atoms. The SMILES string of the molecule is O=C(O)c1ccc(C(=O)Nc2cccc(OCC3CCCO3)c2)o1. The van der Waals surface area contributed by atoms with Crippen molar-refractivity contribution in [3.8, 4) is 5.75 Å². The molecule has 126 valence electrons. The third kappa shape index (κ3) is 3.94. The number of carboxylic acid groups (broad SMARTS) is 1. The summed E-state index contributed by atoms with van der Waals surface area (Å²) in [6.07, 6.45) is 2.15. The van der Waals surface area contributed by atoms with Gasteiger partial charge in [-0.15, -0.1) is 0 Å². The maximum Gasteiger partial charge on any atom is 0.371 e. The number of hydrogen-bond donors (Lipinski definition) is 2. The Labute approximate surface area is 138 Å². The van der Waals surface area contributed by atoms with E-state index < -0.39 is 11.9 Å². The van der Waals surface area contributed by atoms with Gasteiger partial charge in [0.25, 0.3) is 5.91 Å². The fourth-order valence-electron chi connectivity index (χ4n) is 2.40. The van der Waals surface area contributed by atoms with Gasteiger partial charge in [-0.3, -0.25) is 4.79 Å². The van der Waals surface area contributed by atoms with Crippen LogP contribution >= 0.6 is 0 Å². The number of furan rings is 1. The van der Waals surface area contributed by atoms with E-state index in [1.807, 2.05) is 0 Å². The molecule has 1 amide bonds. The van der Waals surface area contributed by atoms with Crippen molar-refractivity contribution >= 4 is 17.6 Å². The number of nitrogens with one attached hydrogen (secondary N) is 1. The van der Waals surface area contributed by atoms with Gasteiger partial charge < -0.3 is 24.3 Å². The van der Waals surface area contributed by atoms with E-state index in [1.165, 1.54) is 12.1 Å². The molecule has 7 nitrogen and oxygen atoms in total. The lowest BCUT2D eigenvalue weighted by Crippen LogP contribution is -2.16. The monoisotopic (exact) mass is 331 g/mol. The topological polar surface area (TPSA) is 98.0 Å². The van der Waals surface area contributed by atoms with Crippen molar-refractivity contribution in [2.45, 2.75) is 18.9 Å². The quantitative estimate of drug-likeness (QED) is 0.844. The van der Waals surface area contributed by atoms with Crippen LogP contribution < -0.4 is 10.1 Å². The number of ether oxygens (including phenoxy) is 2. The van der Waals surface area contributed by atoms with E-state index >= 15 is 0 Å². The van der Waals surface area contributed by atoms with E-state index in [9.17, 15) is 9.59 Å². The molecule has 1 atom stereocenters. The second-order valence-corrected chi connectivity index (χ2v) is 5.40. The summed E-state index contributed by atoms with van der Waals surface area (Å²) in [5, 5.41) is 11.4. The number of rotatable bonds is 6. The highest BCUT2D eigenvalue weighted by Gasteiger charge is 2.17. The third-order valence-electron chi connectivity index (χ3n) is 3.59. The zero-order valence-corrected chi connectivity index (χ0v) is 12.9. The first-order chi connectivity index (χ1) is 11.6. The first-order valence-corrected chi connectivity index (χ1v) is 7.61. The molecule has 0 radical (unpaired) electrons. The van der Waals surface area contributed by atoms with Crippen LogP contribution in [0, 0.1) is 0 Å². The van der Waals surface area contributed by atoms with Crippen molar-refractivity contribution in [1.82, 2.24) is 0 Å². The van der Waals surface area contributed by atoms with Crippen molar-refractivity contribution in [2.75, 3.05) is 18.5 Å². The highest BCUT2D eigenvalue weighted by molar-refractivity contribution is 6.03. The maximum atomic E-state index is 12.1. The molecule has 0 saturated carbocycles. The largest absolute Gasteiger partial charge is 0.491 e. The molecule has 1 unspecified atom stereocenters. The standard InChI is InChI=1S/C17H17NO6/c19-16(14-6-7-15(24-14)17(20)21)18-11-3-1-4-12(9-11)23-10-13-5-2-8-22-13/h1,3-4,6-7,9,13H,2,5,8,10H2,(H,18,19)(H,20,21). The molecule has 2 heterocycles. The number of amides is 1. The predicted octanol–water partition coefficient (Wildman–Crippen LogP) is 2.79. The fourth-order valence-corrected chi connectivity index (χ4v) is 2.40. The molecular weight excluding hydrogens is 314 g/mol. The van der Waals surface area contributed by atoms with E-state index in [4.69, 9.17) is 19.0 Å². The Hall–Kier alpha value is -2.80. The Morgan fingerprint density at radius 1 is 1.25 bits per heavy atom. The molecule has 24 heavy (non-hydrogen) atoms. The van der Waals surface area contributed by atoms with Crippen molar-refractivity contribution in [1.29, 1.82) is 0 Å². The number of carbonyl (C=O) groups is 2. The molecule has 1 fully saturated rings. The van der Waals surface area contributed by atoms with Gasteiger partial charge in [-0.25, -0.2) is 4.79 Å². The Bertz CT molecular complexity index is 732. The number of carbonyl (C=O) groups excluding carboxylic acids is 1. The molecule has 1 aliphatic rings. The summed E-state index contributed by atoms with van der Waals surface area (Å²) in [6.45, 7) is 1.24. The van der Waals surface area contributed by atoms with Gasteiger partial charge in [-0.1, -0.05) is 6.07 Å². The fraction of sp³-hybridized carbons (Fsp3) is 0.294. The van der Waals surface area contributed by atoms with Gasteiger partial charge in [0.15, 0.2) is 5.76 Å². The van der Waals surface area contributed by atoms with E-state index in [0.29, 0.717) is 18.0 Å². The molecular formula is C17H17NO6. The first kappa shape index (κ1) is 16.1. The van der Waals surface area contributed by atoms with Crippen LogP contribution in [0.25, 0.3) is 0 Å². The van der Waals surface area contributed by atoms with Crippen LogP contribution in [0.3, 0.4) is 0 Å². The predicted molar refractivity (Wildman–Crippen MR) is 84.5 cm³/mol. The van der Waals surface area contributed by atoms with Gasteiger partial charge >= 0.3 is 5.97 Å².